The number of benzene rings is 1. The molecule has 0 atom stereocenters. The number of rotatable bonds is 9. The van der Waals surface area contributed by atoms with Crippen LogP contribution in [0.3, 0.4) is 0 Å². The van der Waals surface area contributed by atoms with Crippen LogP contribution in [0.15, 0.2) is 24.3 Å². The zero-order valence-corrected chi connectivity index (χ0v) is 11.7. The van der Waals surface area contributed by atoms with Crippen LogP contribution in [0.25, 0.3) is 0 Å². The minimum Gasteiger partial charge on any atom is -0.493 e. The standard InChI is InChI=1S/C15H25NO2/c1-13(2)14-7-4-5-8-15(14)18-11-6-9-16-10-12-17-3/h4-5,7-8,13,16H,6,9-12H2,1-3H3. The van der Waals surface area contributed by atoms with Gasteiger partial charge in [-0.05, 0) is 30.5 Å². The number of methoxy groups -OCH3 is 1. The van der Waals surface area contributed by atoms with E-state index in [-0.39, 0.29) is 0 Å². The molecule has 1 aromatic carbocycles. The van der Waals surface area contributed by atoms with Gasteiger partial charge >= 0.3 is 0 Å². The molecule has 0 aromatic heterocycles. The van der Waals surface area contributed by atoms with Crippen molar-refractivity contribution in [3.8, 4) is 5.75 Å². The summed E-state index contributed by atoms with van der Waals surface area (Å²) in [6.45, 7) is 7.76. The Balaban J connectivity index is 2.23. The van der Waals surface area contributed by atoms with E-state index in [1.165, 1.54) is 5.56 Å². The highest BCUT2D eigenvalue weighted by atomic mass is 16.5. The molecule has 0 saturated heterocycles. The Morgan fingerprint density at radius 2 is 1.89 bits per heavy atom. The zero-order valence-electron chi connectivity index (χ0n) is 11.7. The molecule has 18 heavy (non-hydrogen) atoms. The molecular formula is C15H25NO2. The van der Waals surface area contributed by atoms with E-state index in [4.69, 9.17) is 9.47 Å². The number of ether oxygens (including phenoxy) is 2. The van der Waals surface area contributed by atoms with E-state index in [0.29, 0.717) is 5.92 Å². The van der Waals surface area contributed by atoms with Gasteiger partial charge in [-0.15, -0.1) is 0 Å². The van der Waals surface area contributed by atoms with Crippen LogP contribution in [0.5, 0.6) is 5.75 Å². The smallest absolute Gasteiger partial charge is 0.122 e. The lowest BCUT2D eigenvalue weighted by Gasteiger charge is -2.13. The molecule has 0 unspecified atom stereocenters. The van der Waals surface area contributed by atoms with Crippen LogP contribution in [-0.4, -0.2) is 33.4 Å². The SMILES string of the molecule is COCCNCCCOc1ccccc1C(C)C. The molecule has 0 radical (unpaired) electrons. The van der Waals surface area contributed by atoms with Crippen molar-refractivity contribution in [1.82, 2.24) is 5.32 Å². The van der Waals surface area contributed by atoms with Gasteiger partial charge in [-0.1, -0.05) is 32.0 Å². The topological polar surface area (TPSA) is 30.5 Å². The second-order valence-electron chi connectivity index (χ2n) is 4.64. The van der Waals surface area contributed by atoms with Crippen molar-refractivity contribution < 1.29 is 9.47 Å². The first kappa shape index (κ1) is 15.0. The van der Waals surface area contributed by atoms with Gasteiger partial charge in [0.2, 0.25) is 0 Å². The van der Waals surface area contributed by atoms with Crippen molar-refractivity contribution in [1.29, 1.82) is 0 Å². The first-order valence-corrected chi connectivity index (χ1v) is 6.67. The first-order chi connectivity index (χ1) is 8.75. The molecule has 102 valence electrons. The van der Waals surface area contributed by atoms with Gasteiger partial charge in [0.25, 0.3) is 0 Å². The fourth-order valence-corrected chi connectivity index (χ4v) is 1.77. The minimum absolute atomic E-state index is 0.501. The van der Waals surface area contributed by atoms with E-state index < -0.39 is 0 Å². The van der Waals surface area contributed by atoms with Crippen molar-refractivity contribution in [2.75, 3.05) is 33.4 Å². The van der Waals surface area contributed by atoms with Crippen molar-refractivity contribution in [3.63, 3.8) is 0 Å². The Kier molecular flexibility index (Phi) is 7.46. The second kappa shape index (κ2) is 8.95. The average molecular weight is 251 g/mol. The van der Waals surface area contributed by atoms with Crippen LogP contribution in [0, 0.1) is 0 Å². The van der Waals surface area contributed by atoms with E-state index in [9.17, 15) is 0 Å². The Morgan fingerprint density at radius 3 is 2.61 bits per heavy atom. The van der Waals surface area contributed by atoms with Gasteiger partial charge in [-0.2, -0.15) is 0 Å². The third kappa shape index (κ3) is 5.52. The van der Waals surface area contributed by atoms with E-state index in [1.54, 1.807) is 7.11 Å². The summed E-state index contributed by atoms with van der Waals surface area (Å²) in [6, 6.07) is 8.27. The Bertz CT molecular complexity index is 326. The molecule has 0 amide bonds. The molecule has 1 rings (SSSR count). The molecule has 0 heterocycles. The first-order valence-electron chi connectivity index (χ1n) is 6.67. The summed E-state index contributed by atoms with van der Waals surface area (Å²) < 4.78 is 10.8. The fourth-order valence-electron chi connectivity index (χ4n) is 1.77. The van der Waals surface area contributed by atoms with Crippen LogP contribution in [0.4, 0.5) is 0 Å². The maximum absolute atomic E-state index is 5.83. The predicted octanol–water partition coefficient (Wildman–Crippen LogP) is 2.81. The van der Waals surface area contributed by atoms with E-state index in [1.807, 2.05) is 12.1 Å². The summed E-state index contributed by atoms with van der Waals surface area (Å²) in [5.41, 5.74) is 1.28. The summed E-state index contributed by atoms with van der Waals surface area (Å²) >= 11 is 0. The fraction of sp³-hybridized carbons (Fsp3) is 0.600. The molecule has 0 saturated carbocycles. The van der Waals surface area contributed by atoms with Gasteiger partial charge in [-0.3, -0.25) is 0 Å². The number of nitrogens with one attached hydrogen (secondary N) is 1. The minimum atomic E-state index is 0.501. The lowest BCUT2D eigenvalue weighted by atomic mass is 10.0. The molecule has 1 N–H and O–H groups in total. The summed E-state index contributed by atoms with van der Waals surface area (Å²) in [7, 11) is 1.72. The molecule has 0 fully saturated rings. The average Bonchev–Trinajstić information content (AvgIpc) is 2.38. The third-order valence-electron chi connectivity index (χ3n) is 2.78. The van der Waals surface area contributed by atoms with Gasteiger partial charge < -0.3 is 14.8 Å². The molecule has 0 aliphatic heterocycles. The molecule has 1 aromatic rings. The highest BCUT2D eigenvalue weighted by molar-refractivity contribution is 5.35. The maximum Gasteiger partial charge on any atom is 0.122 e. The Labute approximate surface area is 110 Å². The lowest BCUT2D eigenvalue weighted by Crippen LogP contribution is -2.21. The van der Waals surface area contributed by atoms with Gasteiger partial charge in [0.1, 0.15) is 5.75 Å². The predicted molar refractivity (Wildman–Crippen MR) is 75.4 cm³/mol. The number of para-hydroxylation sites is 1. The van der Waals surface area contributed by atoms with Gasteiger partial charge in [0.05, 0.1) is 13.2 Å². The van der Waals surface area contributed by atoms with Gasteiger partial charge in [-0.25, -0.2) is 0 Å². The van der Waals surface area contributed by atoms with E-state index in [0.717, 1.165) is 38.5 Å². The third-order valence-corrected chi connectivity index (χ3v) is 2.78. The summed E-state index contributed by atoms with van der Waals surface area (Å²) in [4.78, 5) is 0. The number of hydrogen-bond donors (Lipinski definition) is 1. The van der Waals surface area contributed by atoms with Gasteiger partial charge in [0.15, 0.2) is 0 Å². The quantitative estimate of drug-likeness (QED) is 0.685. The summed E-state index contributed by atoms with van der Waals surface area (Å²) in [6.07, 6.45) is 1.01. The van der Waals surface area contributed by atoms with E-state index in [2.05, 4.69) is 31.3 Å². The Morgan fingerprint density at radius 1 is 1.11 bits per heavy atom. The molecule has 0 bridgehead atoms. The van der Waals surface area contributed by atoms with E-state index >= 15 is 0 Å². The lowest BCUT2D eigenvalue weighted by molar-refractivity contribution is 0.198. The normalized spacial score (nSPS) is 10.9. The molecule has 0 aliphatic carbocycles. The van der Waals surface area contributed by atoms with Crippen LogP contribution >= 0.6 is 0 Å². The van der Waals surface area contributed by atoms with Crippen LogP contribution in [-0.2, 0) is 4.74 Å². The second-order valence-corrected chi connectivity index (χ2v) is 4.64. The summed E-state index contributed by atoms with van der Waals surface area (Å²) in [5.74, 6) is 1.52. The highest BCUT2D eigenvalue weighted by Crippen LogP contribution is 2.25. The summed E-state index contributed by atoms with van der Waals surface area (Å²) in [5, 5.41) is 3.30. The number of hydrogen-bond acceptors (Lipinski definition) is 3. The Hall–Kier alpha value is -1.06. The highest BCUT2D eigenvalue weighted by Gasteiger charge is 2.05. The van der Waals surface area contributed by atoms with Crippen molar-refractivity contribution in [2.24, 2.45) is 0 Å². The van der Waals surface area contributed by atoms with Crippen molar-refractivity contribution in [3.05, 3.63) is 29.8 Å². The molecular weight excluding hydrogens is 226 g/mol. The monoisotopic (exact) mass is 251 g/mol. The van der Waals surface area contributed by atoms with Crippen LogP contribution < -0.4 is 10.1 Å². The molecule has 3 heteroatoms. The molecule has 0 aliphatic rings. The van der Waals surface area contributed by atoms with Crippen molar-refractivity contribution >= 4 is 0 Å². The van der Waals surface area contributed by atoms with Crippen LogP contribution in [0.2, 0.25) is 0 Å². The zero-order chi connectivity index (χ0) is 13.2. The van der Waals surface area contributed by atoms with Gasteiger partial charge in [0, 0.05) is 13.7 Å². The maximum atomic E-state index is 5.83. The molecule has 3 nitrogen and oxygen atoms in total. The molecule has 0 spiro atoms. The largest absolute Gasteiger partial charge is 0.493 e. The van der Waals surface area contributed by atoms with Crippen molar-refractivity contribution in [2.45, 2.75) is 26.2 Å². The van der Waals surface area contributed by atoms with Crippen LogP contribution in [0.1, 0.15) is 31.7 Å².